The van der Waals surface area contributed by atoms with E-state index in [4.69, 9.17) is 5.11 Å². The highest BCUT2D eigenvalue weighted by Gasteiger charge is 2.23. The molecule has 1 amide bonds. The summed E-state index contributed by atoms with van der Waals surface area (Å²) < 4.78 is 13.5. The summed E-state index contributed by atoms with van der Waals surface area (Å²) in [5.41, 5.74) is 0.00619. The minimum atomic E-state index is -0.884. The van der Waals surface area contributed by atoms with Crippen LogP contribution in [0.25, 0.3) is 0 Å². The third-order valence-electron chi connectivity index (χ3n) is 3.24. The molecular weight excluding hydrogens is 265 g/mol. The van der Waals surface area contributed by atoms with E-state index in [2.05, 4.69) is 4.98 Å². The first-order valence-electron chi connectivity index (χ1n) is 6.41. The first kappa shape index (κ1) is 14.4. The quantitative estimate of drug-likeness (QED) is 0.871. The van der Waals surface area contributed by atoms with Gasteiger partial charge in [0.15, 0.2) is 5.82 Å². The van der Waals surface area contributed by atoms with Gasteiger partial charge in [0, 0.05) is 32.4 Å². The fourth-order valence-corrected chi connectivity index (χ4v) is 2.24. The molecule has 2 heterocycles. The second kappa shape index (κ2) is 6.42. The number of hydrogen-bond acceptors (Lipinski definition) is 4. The third-order valence-corrected chi connectivity index (χ3v) is 3.24. The molecule has 108 valence electrons. The molecule has 1 aliphatic heterocycles. The van der Waals surface area contributed by atoms with E-state index in [0.717, 1.165) is 6.20 Å². The van der Waals surface area contributed by atoms with Crippen LogP contribution in [0.15, 0.2) is 18.5 Å². The molecule has 6 nitrogen and oxygen atoms in total. The van der Waals surface area contributed by atoms with Crippen molar-refractivity contribution in [2.45, 2.75) is 6.42 Å². The largest absolute Gasteiger partial charge is 0.480 e. The number of carboxylic acid groups (broad SMARTS) is 1. The van der Waals surface area contributed by atoms with Crippen LogP contribution in [0.5, 0.6) is 0 Å². The van der Waals surface area contributed by atoms with Gasteiger partial charge in [0.2, 0.25) is 0 Å². The Morgan fingerprint density at radius 3 is 2.80 bits per heavy atom. The van der Waals surface area contributed by atoms with Crippen molar-refractivity contribution in [1.82, 2.24) is 14.8 Å². The molecule has 0 saturated carbocycles. The molecule has 1 saturated heterocycles. The van der Waals surface area contributed by atoms with Gasteiger partial charge in [0.25, 0.3) is 5.91 Å². The zero-order valence-electron chi connectivity index (χ0n) is 11.0. The molecule has 1 N–H and O–H groups in total. The maximum absolute atomic E-state index is 13.5. The van der Waals surface area contributed by atoms with E-state index in [0.29, 0.717) is 32.6 Å². The molecule has 0 atom stereocenters. The molecule has 1 fully saturated rings. The van der Waals surface area contributed by atoms with Crippen LogP contribution in [0.2, 0.25) is 0 Å². The van der Waals surface area contributed by atoms with E-state index in [1.54, 1.807) is 9.80 Å². The van der Waals surface area contributed by atoms with Gasteiger partial charge in [-0.1, -0.05) is 0 Å². The lowest BCUT2D eigenvalue weighted by atomic mass is 10.2. The molecule has 0 unspecified atom stereocenters. The Hall–Kier alpha value is -2.02. The van der Waals surface area contributed by atoms with Crippen molar-refractivity contribution < 1.29 is 19.1 Å². The second-order valence-corrected chi connectivity index (χ2v) is 4.67. The van der Waals surface area contributed by atoms with Crippen LogP contribution in [0.4, 0.5) is 4.39 Å². The number of carboxylic acids is 1. The van der Waals surface area contributed by atoms with Crippen LogP contribution >= 0.6 is 0 Å². The SMILES string of the molecule is O=C(O)CN1CCCN(C(=O)c2ccncc2F)CC1. The second-order valence-electron chi connectivity index (χ2n) is 4.67. The minimum Gasteiger partial charge on any atom is -0.480 e. The molecule has 0 aromatic carbocycles. The molecule has 0 bridgehead atoms. The number of aliphatic carboxylic acids is 1. The van der Waals surface area contributed by atoms with Crippen molar-refractivity contribution in [3.63, 3.8) is 0 Å². The van der Waals surface area contributed by atoms with E-state index < -0.39 is 11.8 Å². The Labute approximate surface area is 115 Å². The normalized spacial score (nSPS) is 16.8. The van der Waals surface area contributed by atoms with Gasteiger partial charge in [-0.3, -0.25) is 19.5 Å². The number of halogens is 1. The predicted octanol–water partition coefficient (Wildman–Crippen LogP) is 0.453. The Balaban J connectivity index is 2.02. The fraction of sp³-hybridized carbons (Fsp3) is 0.462. The lowest BCUT2D eigenvalue weighted by Crippen LogP contribution is -2.37. The highest BCUT2D eigenvalue weighted by atomic mass is 19.1. The summed E-state index contributed by atoms with van der Waals surface area (Å²) in [6.07, 6.45) is 3.07. The molecule has 1 aliphatic rings. The summed E-state index contributed by atoms with van der Waals surface area (Å²) in [6.45, 7) is 1.95. The number of hydrogen-bond donors (Lipinski definition) is 1. The third kappa shape index (κ3) is 3.51. The van der Waals surface area contributed by atoms with Crippen LogP contribution in [0.1, 0.15) is 16.8 Å². The topological polar surface area (TPSA) is 73.7 Å². The van der Waals surface area contributed by atoms with Crippen LogP contribution < -0.4 is 0 Å². The number of carbonyl (C=O) groups is 2. The molecular formula is C13H16FN3O3. The van der Waals surface area contributed by atoms with Crippen LogP contribution in [-0.4, -0.2) is 64.5 Å². The molecule has 0 spiro atoms. The smallest absolute Gasteiger partial charge is 0.317 e. The van der Waals surface area contributed by atoms with Gasteiger partial charge in [0.05, 0.1) is 18.3 Å². The monoisotopic (exact) mass is 281 g/mol. The Morgan fingerprint density at radius 1 is 1.30 bits per heavy atom. The van der Waals surface area contributed by atoms with Crippen molar-refractivity contribution in [1.29, 1.82) is 0 Å². The van der Waals surface area contributed by atoms with Gasteiger partial charge in [0.1, 0.15) is 0 Å². The van der Waals surface area contributed by atoms with Crippen molar-refractivity contribution in [2.75, 3.05) is 32.7 Å². The average molecular weight is 281 g/mol. The van der Waals surface area contributed by atoms with E-state index in [9.17, 15) is 14.0 Å². The van der Waals surface area contributed by atoms with Gasteiger partial charge < -0.3 is 10.0 Å². The van der Waals surface area contributed by atoms with Crippen LogP contribution in [0.3, 0.4) is 0 Å². The number of rotatable bonds is 3. The maximum Gasteiger partial charge on any atom is 0.317 e. The lowest BCUT2D eigenvalue weighted by Gasteiger charge is -2.21. The molecule has 1 aromatic heterocycles. The van der Waals surface area contributed by atoms with Crippen molar-refractivity contribution in [2.24, 2.45) is 0 Å². The van der Waals surface area contributed by atoms with E-state index >= 15 is 0 Å². The van der Waals surface area contributed by atoms with Gasteiger partial charge in [-0.05, 0) is 12.5 Å². The number of aromatic nitrogens is 1. The fourth-order valence-electron chi connectivity index (χ4n) is 2.24. The van der Waals surface area contributed by atoms with Gasteiger partial charge >= 0.3 is 5.97 Å². The highest BCUT2D eigenvalue weighted by Crippen LogP contribution is 2.11. The number of nitrogens with zero attached hydrogens (tertiary/aromatic N) is 3. The summed E-state index contributed by atoms with van der Waals surface area (Å²) in [4.78, 5) is 29.9. The summed E-state index contributed by atoms with van der Waals surface area (Å²) in [5, 5.41) is 8.77. The summed E-state index contributed by atoms with van der Waals surface area (Å²) in [5.74, 6) is -1.89. The number of pyridine rings is 1. The van der Waals surface area contributed by atoms with Crippen molar-refractivity contribution in [3.05, 3.63) is 29.8 Å². The lowest BCUT2D eigenvalue weighted by molar-refractivity contribution is -0.138. The van der Waals surface area contributed by atoms with E-state index in [-0.39, 0.29) is 18.0 Å². The van der Waals surface area contributed by atoms with E-state index in [1.807, 2.05) is 0 Å². The van der Waals surface area contributed by atoms with Gasteiger partial charge in [-0.2, -0.15) is 0 Å². The minimum absolute atomic E-state index is 0.00619. The standard InChI is InChI=1S/C13H16FN3O3/c14-11-8-15-3-2-10(11)13(20)17-5-1-4-16(6-7-17)9-12(18)19/h2-3,8H,1,4-7,9H2,(H,18,19). The zero-order valence-corrected chi connectivity index (χ0v) is 11.0. The number of amides is 1. The summed E-state index contributed by atoms with van der Waals surface area (Å²) in [6, 6.07) is 1.36. The van der Waals surface area contributed by atoms with Gasteiger partial charge in [-0.25, -0.2) is 4.39 Å². The molecule has 0 radical (unpaired) electrons. The first-order chi connectivity index (χ1) is 9.58. The summed E-state index contributed by atoms with van der Waals surface area (Å²) in [7, 11) is 0. The Bertz CT molecular complexity index is 509. The molecule has 2 rings (SSSR count). The molecule has 20 heavy (non-hydrogen) atoms. The average Bonchev–Trinajstić information content (AvgIpc) is 2.63. The van der Waals surface area contributed by atoms with Crippen molar-refractivity contribution >= 4 is 11.9 Å². The Morgan fingerprint density at radius 2 is 2.10 bits per heavy atom. The highest BCUT2D eigenvalue weighted by molar-refractivity contribution is 5.94. The predicted molar refractivity (Wildman–Crippen MR) is 68.8 cm³/mol. The maximum atomic E-state index is 13.5. The molecule has 7 heteroatoms. The molecule has 1 aromatic rings. The zero-order chi connectivity index (χ0) is 14.5. The van der Waals surface area contributed by atoms with Crippen LogP contribution in [0, 0.1) is 5.82 Å². The van der Waals surface area contributed by atoms with Crippen LogP contribution in [-0.2, 0) is 4.79 Å². The first-order valence-corrected chi connectivity index (χ1v) is 6.41. The van der Waals surface area contributed by atoms with E-state index in [1.165, 1.54) is 12.3 Å². The summed E-state index contributed by atoms with van der Waals surface area (Å²) >= 11 is 0. The number of carbonyl (C=O) groups excluding carboxylic acids is 1. The van der Waals surface area contributed by atoms with Gasteiger partial charge in [-0.15, -0.1) is 0 Å². The Kier molecular flexibility index (Phi) is 4.62. The molecule has 0 aliphatic carbocycles. The van der Waals surface area contributed by atoms with Crippen molar-refractivity contribution in [3.8, 4) is 0 Å².